The number of furan rings is 1. The summed E-state index contributed by atoms with van der Waals surface area (Å²) >= 11 is 0. The van der Waals surface area contributed by atoms with Crippen LogP contribution in [-0.4, -0.2) is 35.8 Å². The van der Waals surface area contributed by atoms with E-state index in [1.54, 1.807) is 13.4 Å². The zero-order valence-corrected chi connectivity index (χ0v) is 15.7. The predicted molar refractivity (Wildman–Crippen MR) is 100 cm³/mol. The molecule has 0 saturated carbocycles. The van der Waals surface area contributed by atoms with Crippen molar-refractivity contribution >= 4 is 11.6 Å². The fourth-order valence-corrected chi connectivity index (χ4v) is 2.82. The first-order valence-corrected chi connectivity index (χ1v) is 8.70. The predicted octanol–water partition coefficient (Wildman–Crippen LogP) is 3.35. The van der Waals surface area contributed by atoms with Gasteiger partial charge in [-0.25, -0.2) is 5.01 Å². The Kier molecular flexibility index (Phi) is 5.13. The van der Waals surface area contributed by atoms with E-state index in [4.69, 9.17) is 9.15 Å². The standard InChI is InChI=1S/C20H25N3O3/c1-20(2,3)21-13-19(24)23-17(18-6-5-11-26-18)12-16(22-23)14-7-9-15(25-4)10-8-14/h5-11,17,21H,12-13H2,1-4H3/t17-/m0/s1. The molecule has 1 aliphatic heterocycles. The van der Waals surface area contributed by atoms with E-state index in [1.165, 1.54) is 5.01 Å². The van der Waals surface area contributed by atoms with Crippen LogP contribution in [0.2, 0.25) is 0 Å². The number of carbonyl (C=O) groups is 1. The van der Waals surface area contributed by atoms with Gasteiger partial charge in [-0.15, -0.1) is 0 Å². The van der Waals surface area contributed by atoms with Crippen molar-refractivity contribution in [3.63, 3.8) is 0 Å². The molecule has 0 unspecified atom stereocenters. The summed E-state index contributed by atoms with van der Waals surface area (Å²) in [5.74, 6) is 1.45. The molecule has 0 fully saturated rings. The summed E-state index contributed by atoms with van der Waals surface area (Å²) in [6.07, 6.45) is 2.23. The highest BCUT2D eigenvalue weighted by Gasteiger charge is 2.34. The highest BCUT2D eigenvalue weighted by molar-refractivity contribution is 6.03. The van der Waals surface area contributed by atoms with Crippen molar-refractivity contribution < 1.29 is 13.9 Å². The average Bonchev–Trinajstić information content (AvgIpc) is 3.28. The summed E-state index contributed by atoms with van der Waals surface area (Å²) in [4.78, 5) is 12.8. The lowest BCUT2D eigenvalue weighted by Gasteiger charge is -2.24. The number of hydrogen-bond donors (Lipinski definition) is 1. The van der Waals surface area contributed by atoms with Crippen LogP contribution in [-0.2, 0) is 4.79 Å². The molecule has 0 aliphatic carbocycles. The fraction of sp³-hybridized carbons (Fsp3) is 0.400. The van der Waals surface area contributed by atoms with E-state index in [1.807, 2.05) is 57.2 Å². The van der Waals surface area contributed by atoms with Crippen LogP contribution in [0.1, 0.15) is 44.6 Å². The smallest absolute Gasteiger partial charge is 0.257 e. The van der Waals surface area contributed by atoms with Gasteiger partial charge >= 0.3 is 0 Å². The number of amides is 1. The maximum atomic E-state index is 12.8. The van der Waals surface area contributed by atoms with Crippen LogP contribution in [0.5, 0.6) is 5.75 Å². The van der Waals surface area contributed by atoms with Gasteiger partial charge in [-0.2, -0.15) is 5.10 Å². The molecule has 26 heavy (non-hydrogen) atoms. The summed E-state index contributed by atoms with van der Waals surface area (Å²) in [6, 6.07) is 11.2. The number of hydrazone groups is 1. The van der Waals surface area contributed by atoms with Gasteiger partial charge in [-0.1, -0.05) is 0 Å². The van der Waals surface area contributed by atoms with Crippen LogP contribution in [0.4, 0.5) is 0 Å². The highest BCUT2D eigenvalue weighted by atomic mass is 16.5. The first-order valence-electron chi connectivity index (χ1n) is 8.70. The van der Waals surface area contributed by atoms with Crippen molar-refractivity contribution in [3.05, 3.63) is 54.0 Å². The van der Waals surface area contributed by atoms with Crippen LogP contribution in [0.15, 0.2) is 52.2 Å². The van der Waals surface area contributed by atoms with Gasteiger partial charge in [0, 0.05) is 12.0 Å². The Hall–Kier alpha value is -2.60. The van der Waals surface area contributed by atoms with Gasteiger partial charge in [0.25, 0.3) is 5.91 Å². The molecule has 1 N–H and O–H groups in total. The van der Waals surface area contributed by atoms with Gasteiger partial charge in [0.15, 0.2) is 0 Å². The molecule has 6 nitrogen and oxygen atoms in total. The first-order chi connectivity index (χ1) is 12.4. The van der Waals surface area contributed by atoms with Crippen LogP contribution in [0, 0.1) is 0 Å². The Bertz CT molecular complexity index is 774. The zero-order chi connectivity index (χ0) is 18.7. The van der Waals surface area contributed by atoms with E-state index in [2.05, 4.69) is 10.4 Å². The molecule has 1 aliphatic rings. The lowest BCUT2D eigenvalue weighted by Crippen LogP contribution is -2.43. The lowest BCUT2D eigenvalue weighted by atomic mass is 10.0. The number of carbonyl (C=O) groups excluding carboxylic acids is 1. The molecule has 6 heteroatoms. The molecule has 1 amide bonds. The monoisotopic (exact) mass is 355 g/mol. The summed E-state index contributed by atoms with van der Waals surface area (Å²) in [5.41, 5.74) is 1.69. The molecule has 0 spiro atoms. The van der Waals surface area contributed by atoms with E-state index in [0.717, 1.165) is 22.8 Å². The van der Waals surface area contributed by atoms with Gasteiger partial charge in [-0.05, 0) is 62.7 Å². The van der Waals surface area contributed by atoms with Gasteiger partial charge in [0.1, 0.15) is 17.6 Å². The topological polar surface area (TPSA) is 67.1 Å². The molecule has 1 aromatic carbocycles. The Morgan fingerprint density at radius 1 is 1.31 bits per heavy atom. The summed E-state index contributed by atoms with van der Waals surface area (Å²) in [6.45, 7) is 6.31. The number of nitrogens with one attached hydrogen (secondary N) is 1. The molecule has 3 rings (SSSR count). The Morgan fingerprint density at radius 3 is 2.62 bits per heavy atom. The van der Waals surface area contributed by atoms with Crippen LogP contribution in [0.3, 0.4) is 0 Å². The van der Waals surface area contributed by atoms with E-state index in [-0.39, 0.29) is 24.0 Å². The van der Waals surface area contributed by atoms with Crippen molar-refractivity contribution in [2.24, 2.45) is 5.10 Å². The summed E-state index contributed by atoms with van der Waals surface area (Å²) < 4.78 is 10.8. The van der Waals surface area contributed by atoms with Crippen molar-refractivity contribution in [2.75, 3.05) is 13.7 Å². The molecule has 1 aromatic heterocycles. The Balaban J connectivity index is 1.83. The molecular formula is C20H25N3O3. The number of ether oxygens (including phenoxy) is 1. The van der Waals surface area contributed by atoms with Gasteiger partial charge in [0.2, 0.25) is 0 Å². The normalized spacial score (nSPS) is 17.3. The zero-order valence-electron chi connectivity index (χ0n) is 15.7. The minimum atomic E-state index is -0.226. The number of benzene rings is 1. The lowest BCUT2D eigenvalue weighted by molar-refractivity contribution is -0.132. The Labute approximate surface area is 153 Å². The molecule has 2 aromatic rings. The molecule has 0 saturated heterocycles. The Morgan fingerprint density at radius 2 is 2.04 bits per heavy atom. The number of methoxy groups -OCH3 is 1. The van der Waals surface area contributed by atoms with Gasteiger partial charge in [-0.3, -0.25) is 4.79 Å². The van der Waals surface area contributed by atoms with E-state index in [0.29, 0.717) is 6.42 Å². The molecular weight excluding hydrogens is 330 g/mol. The van der Waals surface area contributed by atoms with Gasteiger partial charge < -0.3 is 14.5 Å². The third kappa shape index (κ3) is 4.14. The molecule has 0 radical (unpaired) electrons. The fourth-order valence-electron chi connectivity index (χ4n) is 2.82. The van der Waals surface area contributed by atoms with Crippen molar-refractivity contribution in [1.82, 2.24) is 10.3 Å². The summed E-state index contributed by atoms with van der Waals surface area (Å²) in [5, 5.41) is 9.38. The average molecular weight is 355 g/mol. The number of nitrogens with zero attached hydrogens (tertiary/aromatic N) is 2. The SMILES string of the molecule is COc1ccc(C2=NN(C(=O)CNC(C)(C)C)[C@H](c3ccco3)C2)cc1. The van der Waals surface area contributed by atoms with Crippen molar-refractivity contribution in [2.45, 2.75) is 38.8 Å². The molecule has 138 valence electrons. The van der Waals surface area contributed by atoms with Gasteiger partial charge in [0.05, 0.1) is 25.6 Å². The molecule has 1 atom stereocenters. The third-order valence-corrected chi connectivity index (χ3v) is 4.23. The minimum absolute atomic E-state index is 0.0789. The summed E-state index contributed by atoms with van der Waals surface area (Å²) in [7, 11) is 1.64. The second-order valence-electron chi connectivity index (χ2n) is 7.35. The number of rotatable bonds is 5. The maximum absolute atomic E-state index is 12.8. The second kappa shape index (κ2) is 7.33. The minimum Gasteiger partial charge on any atom is -0.497 e. The van der Waals surface area contributed by atoms with E-state index >= 15 is 0 Å². The maximum Gasteiger partial charge on any atom is 0.257 e. The quantitative estimate of drug-likeness (QED) is 0.893. The molecule has 2 heterocycles. The van der Waals surface area contributed by atoms with Crippen LogP contribution in [0.25, 0.3) is 0 Å². The van der Waals surface area contributed by atoms with Crippen molar-refractivity contribution in [3.8, 4) is 5.75 Å². The van der Waals surface area contributed by atoms with Crippen molar-refractivity contribution in [1.29, 1.82) is 0 Å². The third-order valence-electron chi connectivity index (χ3n) is 4.23. The molecule has 0 bridgehead atoms. The first kappa shape index (κ1) is 18.2. The van der Waals surface area contributed by atoms with Crippen LogP contribution < -0.4 is 10.1 Å². The van der Waals surface area contributed by atoms with E-state index < -0.39 is 0 Å². The van der Waals surface area contributed by atoms with Crippen LogP contribution >= 0.6 is 0 Å². The highest BCUT2D eigenvalue weighted by Crippen LogP contribution is 2.33. The number of hydrogen-bond acceptors (Lipinski definition) is 5. The van der Waals surface area contributed by atoms with E-state index in [9.17, 15) is 4.79 Å². The second-order valence-corrected chi connectivity index (χ2v) is 7.35. The largest absolute Gasteiger partial charge is 0.497 e.